The monoisotopic (exact) mass is 443 g/mol. The van der Waals surface area contributed by atoms with Gasteiger partial charge < -0.3 is 26.8 Å². The SMILES string of the molecule is CC(C(=O)OCC[NH+]1CCOCC1)C1(c2ccccc2)C(=O)c2ccccc2C1=O.[Cl-]. The lowest BCUT2D eigenvalue weighted by Gasteiger charge is -2.31. The first kappa shape index (κ1) is 23.1. The van der Waals surface area contributed by atoms with E-state index >= 15 is 0 Å². The van der Waals surface area contributed by atoms with Crippen LogP contribution in [0.4, 0.5) is 0 Å². The van der Waals surface area contributed by atoms with Crippen LogP contribution in [0.2, 0.25) is 0 Å². The molecule has 1 fully saturated rings. The number of ether oxygens (including phenoxy) is 2. The molecule has 1 aliphatic heterocycles. The van der Waals surface area contributed by atoms with Crippen molar-refractivity contribution in [1.29, 1.82) is 0 Å². The summed E-state index contributed by atoms with van der Waals surface area (Å²) < 4.78 is 10.9. The van der Waals surface area contributed by atoms with E-state index in [9.17, 15) is 14.4 Å². The molecule has 0 radical (unpaired) electrons. The van der Waals surface area contributed by atoms with Gasteiger partial charge in [0.05, 0.1) is 19.1 Å². The average Bonchev–Trinajstić information content (AvgIpc) is 3.02. The van der Waals surface area contributed by atoms with Crippen LogP contribution in [0.25, 0.3) is 0 Å². The normalized spacial score (nSPS) is 18.7. The highest BCUT2D eigenvalue weighted by Crippen LogP contribution is 2.45. The highest BCUT2D eigenvalue weighted by atomic mass is 35.5. The van der Waals surface area contributed by atoms with Gasteiger partial charge in [-0.05, 0) is 5.56 Å². The number of hydrogen-bond acceptors (Lipinski definition) is 5. The lowest BCUT2D eigenvalue weighted by molar-refractivity contribution is -0.908. The van der Waals surface area contributed by atoms with E-state index in [2.05, 4.69) is 0 Å². The summed E-state index contributed by atoms with van der Waals surface area (Å²) in [6.07, 6.45) is 0. The summed E-state index contributed by atoms with van der Waals surface area (Å²) in [5, 5.41) is 0. The number of rotatable bonds is 6. The lowest BCUT2D eigenvalue weighted by Crippen LogP contribution is -3.14. The second-order valence-electron chi connectivity index (χ2n) is 7.88. The van der Waals surface area contributed by atoms with Crippen molar-refractivity contribution in [2.75, 3.05) is 39.5 Å². The Morgan fingerprint density at radius 1 is 1.00 bits per heavy atom. The molecule has 7 heteroatoms. The van der Waals surface area contributed by atoms with Gasteiger partial charge >= 0.3 is 5.97 Å². The lowest BCUT2D eigenvalue weighted by atomic mass is 9.67. The molecule has 2 aromatic carbocycles. The van der Waals surface area contributed by atoms with E-state index in [0.717, 1.165) is 13.1 Å². The number of Topliss-reactive ketones (excluding diaryl/α,β-unsaturated/α-hetero) is 2. The minimum Gasteiger partial charge on any atom is -1.00 e. The molecule has 1 saturated heterocycles. The number of benzene rings is 2. The predicted molar refractivity (Wildman–Crippen MR) is 110 cm³/mol. The Hall–Kier alpha value is -2.54. The summed E-state index contributed by atoms with van der Waals surface area (Å²) in [4.78, 5) is 41.5. The summed E-state index contributed by atoms with van der Waals surface area (Å²) in [5.41, 5.74) is -0.333. The van der Waals surface area contributed by atoms with Crippen LogP contribution in [-0.2, 0) is 19.7 Å². The molecule has 0 aromatic heterocycles. The van der Waals surface area contributed by atoms with Crippen LogP contribution in [0.1, 0.15) is 33.2 Å². The maximum atomic E-state index is 13.5. The third-order valence-electron chi connectivity index (χ3n) is 6.26. The first-order valence-electron chi connectivity index (χ1n) is 10.4. The fourth-order valence-corrected chi connectivity index (χ4v) is 4.52. The summed E-state index contributed by atoms with van der Waals surface area (Å²) in [6.45, 7) is 5.73. The van der Waals surface area contributed by atoms with E-state index in [-0.39, 0.29) is 30.6 Å². The second-order valence-corrected chi connectivity index (χ2v) is 7.88. The molecule has 2 aliphatic rings. The minimum absolute atomic E-state index is 0. The maximum Gasteiger partial charge on any atom is 0.310 e. The van der Waals surface area contributed by atoms with Crippen molar-refractivity contribution in [3.05, 3.63) is 71.3 Å². The molecule has 0 spiro atoms. The maximum absolute atomic E-state index is 13.5. The third kappa shape index (κ3) is 4.03. The molecule has 0 bridgehead atoms. The summed E-state index contributed by atoms with van der Waals surface area (Å²) in [6, 6.07) is 15.6. The van der Waals surface area contributed by atoms with Gasteiger partial charge in [-0.15, -0.1) is 0 Å². The molecular weight excluding hydrogens is 418 g/mol. The Bertz CT molecular complexity index is 920. The molecular formula is C24H26ClNO5. The zero-order chi connectivity index (χ0) is 21.1. The number of carbonyl (C=O) groups excluding carboxylic acids is 3. The molecule has 6 nitrogen and oxygen atoms in total. The van der Waals surface area contributed by atoms with Gasteiger partial charge in [0.15, 0.2) is 11.6 Å². The first-order chi connectivity index (χ1) is 14.6. The Balaban J connectivity index is 0.00000272. The van der Waals surface area contributed by atoms with Crippen LogP contribution in [0.3, 0.4) is 0 Å². The van der Waals surface area contributed by atoms with Gasteiger partial charge in [0.1, 0.15) is 31.7 Å². The molecule has 4 rings (SSSR count). The van der Waals surface area contributed by atoms with E-state index in [1.165, 1.54) is 4.90 Å². The van der Waals surface area contributed by atoms with Gasteiger partial charge in [-0.2, -0.15) is 0 Å². The number of fused-ring (bicyclic) bond motifs is 1. The molecule has 2 aromatic rings. The van der Waals surface area contributed by atoms with E-state index in [1.807, 2.05) is 6.07 Å². The van der Waals surface area contributed by atoms with Crippen molar-refractivity contribution in [2.45, 2.75) is 12.3 Å². The molecule has 1 heterocycles. The molecule has 31 heavy (non-hydrogen) atoms. The van der Waals surface area contributed by atoms with Crippen molar-refractivity contribution in [3.8, 4) is 0 Å². The number of nitrogens with one attached hydrogen (secondary N) is 1. The Morgan fingerprint density at radius 2 is 1.55 bits per heavy atom. The van der Waals surface area contributed by atoms with Crippen LogP contribution < -0.4 is 17.3 Å². The molecule has 1 atom stereocenters. The largest absolute Gasteiger partial charge is 1.00 e. The third-order valence-corrected chi connectivity index (χ3v) is 6.26. The van der Waals surface area contributed by atoms with Crippen LogP contribution in [0, 0.1) is 5.92 Å². The minimum atomic E-state index is -1.59. The Labute approximate surface area is 187 Å². The molecule has 1 unspecified atom stereocenters. The number of carbonyl (C=O) groups is 3. The zero-order valence-electron chi connectivity index (χ0n) is 17.4. The average molecular weight is 444 g/mol. The van der Waals surface area contributed by atoms with Gasteiger partial charge in [0, 0.05) is 11.1 Å². The van der Waals surface area contributed by atoms with Gasteiger partial charge in [0.2, 0.25) is 0 Å². The fourth-order valence-electron chi connectivity index (χ4n) is 4.52. The smallest absolute Gasteiger partial charge is 0.310 e. The molecule has 1 N–H and O–H groups in total. The standard InChI is InChI=1S/C24H25NO5.ClH/c1-17(23(28)30-16-13-25-11-14-29-15-12-25)24(18-7-3-2-4-8-18)21(26)19-9-5-6-10-20(19)22(24)27;/h2-10,17H,11-16H2,1H3;1H. The first-order valence-corrected chi connectivity index (χ1v) is 10.4. The van der Waals surface area contributed by atoms with Gasteiger partial charge in [-0.3, -0.25) is 14.4 Å². The topological polar surface area (TPSA) is 74.1 Å². The van der Waals surface area contributed by atoms with Gasteiger partial charge in [0.25, 0.3) is 0 Å². The van der Waals surface area contributed by atoms with E-state index in [1.54, 1.807) is 55.5 Å². The number of ketones is 2. The Morgan fingerprint density at radius 3 is 2.13 bits per heavy atom. The molecule has 0 saturated carbocycles. The van der Waals surface area contributed by atoms with Crippen LogP contribution in [0.15, 0.2) is 54.6 Å². The summed E-state index contributed by atoms with van der Waals surface area (Å²) in [5.74, 6) is -2.14. The second kappa shape index (κ2) is 9.73. The van der Waals surface area contributed by atoms with E-state index < -0.39 is 17.3 Å². The van der Waals surface area contributed by atoms with Crippen molar-refractivity contribution < 1.29 is 41.2 Å². The van der Waals surface area contributed by atoms with Crippen LogP contribution in [0.5, 0.6) is 0 Å². The highest BCUT2D eigenvalue weighted by Gasteiger charge is 2.59. The Kier molecular flexibility index (Phi) is 7.26. The highest BCUT2D eigenvalue weighted by molar-refractivity contribution is 6.34. The molecule has 0 amide bonds. The van der Waals surface area contributed by atoms with E-state index in [4.69, 9.17) is 9.47 Å². The summed E-state index contributed by atoms with van der Waals surface area (Å²) in [7, 11) is 0. The quantitative estimate of drug-likeness (QED) is 0.417. The van der Waals surface area contributed by atoms with Crippen molar-refractivity contribution >= 4 is 17.5 Å². The number of quaternary nitrogens is 1. The van der Waals surface area contributed by atoms with Crippen molar-refractivity contribution in [2.24, 2.45) is 5.92 Å². The number of morpholine rings is 1. The molecule has 1 aliphatic carbocycles. The van der Waals surface area contributed by atoms with Crippen molar-refractivity contribution in [3.63, 3.8) is 0 Å². The van der Waals surface area contributed by atoms with Crippen LogP contribution >= 0.6 is 0 Å². The number of halogens is 1. The number of hydrogen-bond donors (Lipinski definition) is 1. The number of esters is 1. The zero-order valence-corrected chi connectivity index (χ0v) is 18.2. The molecule has 164 valence electrons. The van der Waals surface area contributed by atoms with E-state index in [0.29, 0.717) is 36.4 Å². The van der Waals surface area contributed by atoms with Gasteiger partial charge in [-0.1, -0.05) is 61.5 Å². The van der Waals surface area contributed by atoms with Crippen LogP contribution in [-0.4, -0.2) is 57.0 Å². The van der Waals surface area contributed by atoms with Crippen molar-refractivity contribution in [1.82, 2.24) is 0 Å². The summed E-state index contributed by atoms with van der Waals surface area (Å²) >= 11 is 0. The predicted octanol–water partition coefficient (Wildman–Crippen LogP) is -1.90. The van der Waals surface area contributed by atoms with Gasteiger partial charge in [-0.25, -0.2) is 0 Å². The fraction of sp³-hybridized carbons (Fsp3) is 0.375.